The molecule has 0 aromatic heterocycles. The van der Waals surface area contributed by atoms with E-state index in [-0.39, 0.29) is 0 Å². The number of nitrogens with two attached hydrogens (primary N) is 1. The molecule has 0 unspecified atom stereocenters. The van der Waals surface area contributed by atoms with E-state index in [4.69, 9.17) is 34.3 Å². The number of halogens is 1. The molecule has 0 aliphatic rings. The number of hydrogen-bond acceptors (Lipinski definition) is 3. The fourth-order valence-corrected chi connectivity index (χ4v) is 3.13. The Morgan fingerprint density at radius 2 is 1.95 bits per heavy atom. The Bertz CT molecular complexity index is 629. The summed E-state index contributed by atoms with van der Waals surface area (Å²) in [4.78, 5) is 1.41. The van der Waals surface area contributed by atoms with Crippen LogP contribution in [0.2, 0.25) is 5.02 Å². The standard InChI is InChI=1S/C16H16ClNOS2/c1-2-21-14-5-3-4-13(15(14)16(18)20)19-10-11-6-8-12(17)9-7-11/h3-9H,2,10H2,1H3,(H2,18,20). The molecule has 2 N–H and O–H groups in total. The molecule has 0 saturated carbocycles. The maximum Gasteiger partial charge on any atom is 0.131 e. The Balaban J connectivity index is 2.21. The van der Waals surface area contributed by atoms with Gasteiger partial charge in [-0.25, -0.2) is 0 Å². The fraction of sp³-hybridized carbons (Fsp3) is 0.188. The van der Waals surface area contributed by atoms with Crippen LogP contribution < -0.4 is 10.5 Å². The summed E-state index contributed by atoms with van der Waals surface area (Å²) in [6.07, 6.45) is 0. The number of benzene rings is 2. The summed E-state index contributed by atoms with van der Waals surface area (Å²) in [6, 6.07) is 13.4. The van der Waals surface area contributed by atoms with E-state index in [2.05, 4.69) is 6.92 Å². The summed E-state index contributed by atoms with van der Waals surface area (Å²) in [6.45, 7) is 2.54. The Hall–Kier alpha value is -1.23. The van der Waals surface area contributed by atoms with E-state index in [1.165, 1.54) is 0 Å². The topological polar surface area (TPSA) is 35.2 Å². The smallest absolute Gasteiger partial charge is 0.131 e. The first-order valence-corrected chi connectivity index (χ1v) is 8.32. The molecular formula is C16H16ClNOS2. The van der Waals surface area contributed by atoms with Gasteiger partial charge >= 0.3 is 0 Å². The van der Waals surface area contributed by atoms with Crippen molar-refractivity contribution in [1.82, 2.24) is 0 Å². The molecule has 0 aliphatic heterocycles. The molecule has 0 radical (unpaired) electrons. The lowest BCUT2D eigenvalue weighted by atomic mass is 10.2. The van der Waals surface area contributed by atoms with E-state index in [9.17, 15) is 0 Å². The van der Waals surface area contributed by atoms with Gasteiger partial charge < -0.3 is 10.5 Å². The van der Waals surface area contributed by atoms with Crippen LogP contribution in [0.15, 0.2) is 47.4 Å². The van der Waals surface area contributed by atoms with Crippen LogP contribution in [0.1, 0.15) is 18.1 Å². The highest BCUT2D eigenvalue weighted by atomic mass is 35.5. The fourth-order valence-electron chi connectivity index (χ4n) is 1.89. The molecule has 0 aliphatic carbocycles. The predicted octanol–water partition coefficient (Wildman–Crippen LogP) is 4.67. The minimum absolute atomic E-state index is 0.359. The van der Waals surface area contributed by atoms with Crippen LogP contribution in [0, 0.1) is 0 Å². The first-order valence-electron chi connectivity index (χ1n) is 6.54. The highest BCUT2D eigenvalue weighted by Crippen LogP contribution is 2.30. The maximum atomic E-state index is 5.89. The average Bonchev–Trinajstić information content (AvgIpc) is 2.47. The number of thiocarbonyl (C=S) groups is 1. The molecular weight excluding hydrogens is 322 g/mol. The number of thioether (sulfide) groups is 1. The predicted molar refractivity (Wildman–Crippen MR) is 94.5 cm³/mol. The van der Waals surface area contributed by atoms with Gasteiger partial charge in [0.15, 0.2) is 0 Å². The Morgan fingerprint density at radius 1 is 1.24 bits per heavy atom. The number of hydrogen-bond donors (Lipinski definition) is 1. The van der Waals surface area contributed by atoms with Crippen molar-refractivity contribution in [3.63, 3.8) is 0 Å². The summed E-state index contributed by atoms with van der Waals surface area (Å²) >= 11 is 12.7. The first kappa shape index (κ1) is 16.1. The van der Waals surface area contributed by atoms with Crippen molar-refractivity contribution in [2.45, 2.75) is 18.4 Å². The van der Waals surface area contributed by atoms with Gasteiger partial charge in [0.05, 0.1) is 5.56 Å². The van der Waals surface area contributed by atoms with Crippen molar-refractivity contribution in [3.8, 4) is 5.75 Å². The third-order valence-corrected chi connectivity index (χ3v) is 4.24. The van der Waals surface area contributed by atoms with Crippen LogP contribution in [0.4, 0.5) is 0 Å². The third-order valence-electron chi connectivity index (χ3n) is 2.84. The van der Waals surface area contributed by atoms with E-state index in [1.54, 1.807) is 11.8 Å². The second-order valence-electron chi connectivity index (χ2n) is 4.34. The Kier molecular flexibility index (Phi) is 5.91. The van der Waals surface area contributed by atoms with Crippen molar-refractivity contribution in [3.05, 3.63) is 58.6 Å². The van der Waals surface area contributed by atoms with E-state index in [1.807, 2.05) is 42.5 Å². The normalized spacial score (nSPS) is 10.4. The monoisotopic (exact) mass is 337 g/mol. The summed E-state index contributed by atoms with van der Waals surface area (Å²) in [5.74, 6) is 1.67. The molecule has 110 valence electrons. The summed E-state index contributed by atoms with van der Waals surface area (Å²) in [7, 11) is 0. The van der Waals surface area contributed by atoms with Gasteiger partial charge in [0.2, 0.25) is 0 Å². The van der Waals surface area contributed by atoms with Gasteiger partial charge in [-0.1, -0.05) is 48.9 Å². The van der Waals surface area contributed by atoms with Gasteiger partial charge in [-0.2, -0.15) is 0 Å². The molecule has 0 saturated heterocycles. The SMILES string of the molecule is CCSc1cccc(OCc2ccc(Cl)cc2)c1C(N)=S. The van der Waals surface area contributed by atoms with Gasteiger partial charge in [-0.3, -0.25) is 0 Å². The quantitative estimate of drug-likeness (QED) is 0.614. The molecule has 2 aromatic rings. The minimum atomic E-state index is 0.359. The van der Waals surface area contributed by atoms with Crippen molar-refractivity contribution in [2.75, 3.05) is 5.75 Å². The lowest BCUT2D eigenvalue weighted by Gasteiger charge is -2.14. The highest BCUT2D eigenvalue weighted by molar-refractivity contribution is 7.99. The molecule has 0 amide bonds. The van der Waals surface area contributed by atoms with E-state index in [0.29, 0.717) is 16.6 Å². The first-order chi connectivity index (χ1) is 10.1. The number of rotatable bonds is 6. The lowest BCUT2D eigenvalue weighted by molar-refractivity contribution is 0.305. The van der Waals surface area contributed by atoms with Gasteiger partial charge in [-0.05, 0) is 35.6 Å². The van der Waals surface area contributed by atoms with Crippen LogP contribution in [0.25, 0.3) is 0 Å². The molecule has 0 spiro atoms. The van der Waals surface area contributed by atoms with Crippen LogP contribution in [0.5, 0.6) is 5.75 Å². The van der Waals surface area contributed by atoms with Crippen LogP contribution in [0.3, 0.4) is 0 Å². The molecule has 0 fully saturated rings. The van der Waals surface area contributed by atoms with E-state index < -0.39 is 0 Å². The molecule has 2 aromatic carbocycles. The van der Waals surface area contributed by atoms with Crippen molar-refractivity contribution in [1.29, 1.82) is 0 Å². The second kappa shape index (κ2) is 7.69. The summed E-state index contributed by atoms with van der Waals surface area (Å²) in [5, 5.41) is 0.712. The molecule has 0 bridgehead atoms. The maximum absolute atomic E-state index is 5.89. The molecule has 21 heavy (non-hydrogen) atoms. The molecule has 5 heteroatoms. The molecule has 2 nitrogen and oxygen atoms in total. The summed E-state index contributed by atoms with van der Waals surface area (Å²) < 4.78 is 5.89. The second-order valence-corrected chi connectivity index (χ2v) is 6.52. The molecule has 0 atom stereocenters. The zero-order valence-corrected chi connectivity index (χ0v) is 14.0. The minimum Gasteiger partial charge on any atom is -0.488 e. The van der Waals surface area contributed by atoms with Crippen LogP contribution in [-0.4, -0.2) is 10.7 Å². The number of ether oxygens (including phenoxy) is 1. The molecule has 0 heterocycles. The highest BCUT2D eigenvalue weighted by Gasteiger charge is 2.12. The van der Waals surface area contributed by atoms with Gasteiger partial charge in [0.25, 0.3) is 0 Å². The van der Waals surface area contributed by atoms with Crippen LogP contribution in [-0.2, 0) is 6.61 Å². The van der Waals surface area contributed by atoms with E-state index in [0.717, 1.165) is 27.5 Å². The average molecular weight is 338 g/mol. The zero-order valence-electron chi connectivity index (χ0n) is 11.6. The van der Waals surface area contributed by atoms with Crippen molar-refractivity contribution < 1.29 is 4.74 Å². The van der Waals surface area contributed by atoms with Crippen LogP contribution >= 0.6 is 35.6 Å². The summed E-state index contributed by atoms with van der Waals surface area (Å²) in [5.41, 5.74) is 7.71. The van der Waals surface area contributed by atoms with Crippen molar-refractivity contribution >= 4 is 40.6 Å². The molecule has 2 rings (SSSR count). The Morgan fingerprint density at radius 3 is 2.57 bits per heavy atom. The Labute approximate surface area is 139 Å². The van der Waals surface area contributed by atoms with Gasteiger partial charge in [-0.15, -0.1) is 11.8 Å². The van der Waals surface area contributed by atoms with Gasteiger partial charge in [0, 0.05) is 9.92 Å². The van der Waals surface area contributed by atoms with E-state index >= 15 is 0 Å². The largest absolute Gasteiger partial charge is 0.488 e. The zero-order chi connectivity index (χ0) is 15.2. The lowest BCUT2D eigenvalue weighted by Crippen LogP contribution is -2.13. The van der Waals surface area contributed by atoms with Crippen molar-refractivity contribution in [2.24, 2.45) is 5.73 Å². The third kappa shape index (κ3) is 4.37. The van der Waals surface area contributed by atoms with Gasteiger partial charge in [0.1, 0.15) is 17.3 Å².